The zero-order valence-corrected chi connectivity index (χ0v) is 5.36. The summed E-state index contributed by atoms with van der Waals surface area (Å²) in [5.41, 5.74) is 0. The molecule has 0 unspecified atom stereocenters. The first kappa shape index (κ1) is 10.5. The van der Waals surface area contributed by atoms with Crippen molar-refractivity contribution in [2.24, 2.45) is 11.7 Å². The van der Waals surface area contributed by atoms with Crippen molar-refractivity contribution >= 4 is 0 Å². The minimum absolute atomic E-state index is 4.00. The van der Waals surface area contributed by atoms with Crippen molar-refractivity contribution in [2.75, 3.05) is 0 Å². The van der Waals surface area contributed by atoms with Gasteiger partial charge in [0.25, 0.3) is 0 Å². The minimum Gasteiger partial charge on any atom is -0.274 e. The molecule has 0 aliphatic carbocycles. The number of rotatable bonds is 0. The molecule has 0 aliphatic heterocycles. The monoisotopic (exact) mass is 224 g/mol. The van der Waals surface area contributed by atoms with Crippen LogP contribution in [0.15, 0.2) is 0 Å². The van der Waals surface area contributed by atoms with E-state index in [-0.39, 0.29) is 0 Å². The maximum Gasteiger partial charge on any atom is 0.368 e. The molecule has 0 bridgehead atoms. The second-order valence-electron chi connectivity index (χ2n) is 0.396. The van der Waals surface area contributed by atoms with Gasteiger partial charge in [0.05, 0.1) is 0 Å². The van der Waals surface area contributed by atoms with Gasteiger partial charge in [0.2, 0.25) is 0 Å². The largest absolute Gasteiger partial charge is 0.368 e. The molecule has 7 heteroatoms. The van der Waals surface area contributed by atoms with Gasteiger partial charge in [0, 0.05) is 3.44 Å². The van der Waals surface area contributed by atoms with Gasteiger partial charge in [-0.2, -0.15) is 0 Å². The van der Waals surface area contributed by atoms with Gasteiger partial charge in [-0.1, -0.05) is 0 Å². The molecule has 0 aromatic rings. The van der Waals surface area contributed by atoms with Crippen molar-refractivity contribution in [3.05, 3.63) is 0 Å². The third kappa shape index (κ3) is 545. The molecule has 0 radical (unpaired) electrons. The lowest BCUT2D eigenvalue weighted by Crippen LogP contribution is -4.23. The molecule has 5 N–H and O–H groups in total. The van der Waals surface area contributed by atoms with Crippen molar-refractivity contribution in [3.63, 3.8) is 0 Å². The summed E-state index contributed by atoms with van der Waals surface area (Å²) in [4.78, 5) is 0. The Hall–Kier alpha value is 0.490. The standard InChI is InChI=1S/HIO4.H4N2/c2-1(3,4)5;1-2/h2H;1-2H2. The van der Waals surface area contributed by atoms with Crippen molar-refractivity contribution in [2.45, 2.75) is 0 Å². The van der Waals surface area contributed by atoms with E-state index in [4.69, 9.17) is 13.7 Å². The third-order valence-electron chi connectivity index (χ3n) is 0. The molecule has 0 aromatic heterocycles. The molecule has 0 aliphatic rings. The summed E-state index contributed by atoms with van der Waals surface area (Å²) in [6.07, 6.45) is 0. The summed E-state index contributed by atoms with van der Waals surface area (Å²) in [7, 11) is 0. The fraction of sp³-hybridized carbons (Fsp3) is 0. The van der Waals surface area contributed by atoms with E-state index in [0.29, 0.717) is 0 Å². The minimum atomic E-state index is -5.69. The SMILES string of the molecule is NN.[O-][I+3]([O-])([O-])O. The zero-order valence-electron chi connectivity index (χ0n) is 3.20. The Labute approximate surface area is 46.0 Å². The van der Waals surface area contributed by atoms with Crippen molar-refractivity contribution in [1.29, 1.82) is 0 Å². The molecule has 0 saturated heterocycles. The van der Waals surface area contributed by atoms with E-state index in [1.54, 1.807) is 0 Å². The molecule has 7 heavy (non-hydrogen) atoms. The Balaban J connectivity index is 0. The summed E-state index contributed by atoms with van der Waals surface area (Å²) < 4.78 is 33.2. The van der Waals surface area contributed by atoms with Gasteiger partial charge in [-0.3, -0.25) is 22.0 Å². The summed E-state index contributed by atoms with van der Waals surface area (Å²) in [6, 6.07) is 0. The molecule has 0 rings (SSSR count). The average molecular weight is 224 g/mol. The van der Waals surface area contributed by atoms with E-state index in [9.17, 15) is 0 Å². The predicted octanol–water partition coefficient (Wildman–Crippen LogP) is -8.30. The maximum absolute atomic E-state index is 8.73. The summed E-state index contributed by atoms with van der Waals surface area (Å²) in [5.74, 6) is 8.00. The maximum atomic E-state index is 8.73. The van der Waals surface area contributed by atoms with E-state index in [1.165, 1.54) is 0 Å². The van der Waals surface area contributed by atoms with E-state index in [2.05, 4.69) is 11.7 Å². The second-order valence-corrected chi connectivity index (χ2v) is 2.66. The summed E-state index contributed by atoms with van der Waals surface area (Å²) in [5, 5.41) is 0. The van der Waals surface area contributed by atoms with Gasteiger partial charge in [-0.25, -0.2) is 0 Å². The first-order chi connectivity index (χ1) is 3.00. The van der Waals surface area contributed by atoms with E-state index >= 15 is 0 Å². The van der Waals surface area contributed by atoms with Crippen LogP contribution in [0.3, 0.4) is 0 Å². The quantitative estimate of drug-likeness (QED) is 0.212. The molecule has 0 spiro atoms. The molecule has 0 fully saturated rings. The highest BCUT2D eigenvalue weighted by atomic mass is 127. The van der Waals surface area contributed by atoms with Gasteiger partial charge in [-0.15, -0.1) is 0 Å². The molecular weight excluding hydrogens is 219 g/mol. The highest BCUT2D eigenvalue weighted by molar-refractivity contribution is 3.26. The number of hydrogen-bond donors (Lipinski definition) is 3. The van der Waals surface area contributed by atoms with Crippen molar-refractivity contribution in [1.82, 2.24) is 0 Å². The average Bonchev–Trinajstić information content (AvgIpc) is 1.36. The smallest absolute Gasteiger partial charge is 0.274 e. The normalized spacial score (nSPS) is 9.43. The molecule has 0 heterocycles. The number of hydrazine groups is 1. The molecule has 0 aromatic carbocycles. The predicted molar refractivity (Wildman–Crippen MR) is 10.6 cm³/mol. The first-order valence-corrected chi connectivity index (χ1v) is 4.57. The highest BCUT2D eigenvalue weighted by Crippen LogP contribution is 0.389. The summed E-state index contributed by atoms with van der Waals surface area (Å²) in [6.45, 7) is 0. The van der Waals surface area contributed by atoms with Crippen LogP contribution in [0, 0.1) is 0 Å². The van der Waals surface area contributed by atoms with Gasteiger partial charge in [-0.05, 0) is 0 Å². The van der Waals surface area contributed by atoms with Crippen LogP contribution in [-0.4, -0.2) is 3.44 Å². The van der Waals surface area contributed by atoms with Crippen LogP contribution >= 0.6 is 0 Å². The summed E-state index contributed by atoms with van der Waals surface area (Å²) >= 11 is -5.69. The van der Waals surface area contributed by atoms with Gasteiger partial charge in [0.1, 0.15) is 0 Å². The van der Waals surface area contributed by atoms with Crippen LogP contribution in [0.2, 0.25) is 0 Å². The highest BCUT2D eigenvalue weighted by Gasteiger charge is 2.11. The third-order valence-corrected chi connectivity index (χ3v) is 0. The van der Waals surface area contributed by atoms with Crippen LogP contribution in [0.25, 0.3) is 0 Å². The molecular formula is H5IN2O4. The lowest BCUT2D eigenvalue weighted by atomic mass is 13.0. The number of hydrogen-bond acceptors (Lipinski definition) is 6. The van der Waals surface area contributed by atoms with E-state index in [1.807, 2.05) is 0 Å². The Kier molecular flexibility index (Phi) is 6.94. The van der Waals surface area contributed by atoms with Crippen LogP contribution in [0.5, 0.6) is 0 Å². The molecule has 0 amide bonds. The molecule has 0 atom stereocenters. The van der Waals surface area contributed by atoms with Crippen LogP contribution in [0.4, 0.5) is 0 Å². The topological polar surface area (TPSA) is 141 Å². The van der Waals surface area contributed by atoms with Crippen molar-refractivity contribution < 1.29 is 33.8 Å². The van der Waals surface area contributed by atoms with E-state index < -0.39 is 20.1 Å². The Morgan fingerprint density at radius 1 is 1.14 bits per heavy atom. The molecule has 46 valence electrons. The van der Waals surface area contributed by atoms with Gasteiger partial charge in [0.15, 0.2) is 0 Å². The van der Waals surface area contributed by atoms with Crippen LogP contribution in [0.1, 0.15) is 0 Å². The fourth-order valence-corrected chi connectivity index (χ4v) is 0. The van der Waals surface area contributed by atoms with Gasteiger partial charge >= 0.3 is 20.1 Å². The lowest BCUT2D eigenvalue weighted by Gasteiger charge is -1.93. The number of nitrogens with two attached hydrogens (primary N) is 2. The Bertz CT molecular complexity index is 25.2. The fourth-order valence-electron chi connectivity index (χ4n) is 0. The Morgan fingerprint density at radius 3 is 1.14 bits per heavy atom. The lowest BCUT2D eigenvalue weighted by molar-refractivity contribution is -1.92. The second kappa shape index (κ2) is 4.64. The first-order valence-electron chi connectivity index (χ1n) is 0.965. The van der Waals surface area contributed by atoms with Gasteiger partial charge < -0.3 is 0 Å². The van der Waals surface area contributed by atoms with Crippen LogP contribution in [-0.2, 0) is 0 Å². The zero-order chi connectivity index (χ0) is 6.50. The molecule has 0 saturated carbocycles. The Morgan fingerprint density at radius 2 is 1.14 bits per heavy atom. The molecule has 6 nitrogen and oxygen atoms in total. The van der Waals surface area contributed by atoms with E-state index in [0.717, 1.165) is 0 Å². The number of halogens is 1. The van der Waals surface area contributed by atoms with Crippen molar-refractivity contribution in [3.8, 4) is 0 Å². The van der Waals surface area contributed by atoms with Crippen LogP contribution < -0.4 is 42.1 Å².